The number of nitrogens with zero attached hydrogens (tertiary/aromatic N) is 2. The molecule has 0 spiro atoms. The molecule has 0 radical (unpaired) electrons. The topological polar surface area (TPSA) is 7.65 Å². The molecule has 0 saturated carbocycles. The molecule has 0 aliphatic heterocycles. The summed E-state index contributed by atoms with van der Waals surface area (Å²) in [5, 5.41) is 7.83. The van der Waals surface area contributed by atoms with E-state index in [0.29, 0.717) is 0 Å². The average Bonchev–Trinajstić information content (AvgIpc) is 3.83. The van der Waals surface area contributed by atoms with Crippen LogP contribution in [0.15, 0.2) is 146 Å². The van der Waals surface area contributed by atoms with Crippen LogP contribution in [0.1, 0.15) is 25.0 Å². The molecule has 3 aromatic heterocycles. The minimum atomic E-state index is -0.0869. The van der Waals surface area contributed by atoms with Crippen molar-refractivity contribution in [2.24, 2.45) is 0 Å². The zero-order chi connectivity index (χ0) is 31.7. The van der Waals surface area contributed by atoms with E-state index >= 15 is 0 Å². The van der Waals surface area contributed by atoms with Crippen LogP contribution in [0.25, 0.3) is 69.4 Å². The maximum atomic E-state index is 2.48. The van der Waals surface area contributed by atoms with Gasteiger partial charge < -0.3 is 9.30 Å². The van der Waals surface area contributed by atoms with Gasteiger partial charge in [-0.25, -0.2) is 0 Å². The second kappa shape index (κ2) is 9.25. The van der Waals surface area contributed by atoms with Crippen LogP contribution in [0, 0.1) is 0 Å². The van der Waals surface area contributed by atoms with Gasteiger partial charge in [-0.05, 0) is 76.9 Å². The van der Waals surface area contributed by atoms with Crippen LogP contribution in [0.4, 0.5) is 17.1 Å². The smallest absolute Gasteiger partial charge is 0.0620 e. The largest absolute Gasteiger partial charge is 0.310 e. The Kier molecular flexibility index (Phi) is 5.09. The Morgan fingerprint density at radius 1 is 0.458 bits per heavy atom. The molecule has 2 nitrogen and oxygen atoms in total. The maximum Gasteiger partial charge on any atom is 0.0620 e. The van der Waals surface area contributed by atoms with Gasteiger partial charge in [-0.2, -0.15) is 0 Å². The molecule has 11 rings (SSSR count). The van der Waals surface area contributed by atoms with Crippen LogP contribution >= 0.6 is 11.3 Å². The summed E-state index contributed by atoms with van der Waals surface area (Å²) in [5.41, 5.74) is 12.7. The second-order valence-corrected chi connectivity index (χ2v) is 14.9. The van der Waals surface area contributed by atoms with Crippen molar-refractivity contribution in [3.8, 4) is 11.1 Å². The van der Waals surface area contributed by atoms with E-state index in [2.05, 4.69) is 169 Å². The first kappa shape index (κ1) is 26.4. The number of para-hydroxylation sites is 2. The van der Waals surface area contributed by atoms with Gasteiger partial charge in [0.05, 0.1) is 16.6 Å². The fourth-order valence-corrected chi connectivity index (χ4v) is 9.78. The highest BCUT2D eigenvalue weighted by Crippen LogP contribution is 2.51. The van der Waals surface area contributed by atoms with E-state index in [1.807, 2.05) is 11.3 Å². The summed E-state index contributed by atoms with van der Waals surface area (Å²) in [6.45, 7) is 4.73. The van der Waals surface area contributed by atoms with Crippen molar-refractivity contribution in [3.63, 3.8) is 0 Å². The molecular weight excluding hydrogens is 601 g/mol. The molecule has 0 saturated heterocycles. The first-order chi connectivity index (χ1) is 23.6. The van der Waals surface area contributed by atoms with Crippen LogP contribution in [0.5, 0.6) is 0 Å². The standard InChI is InChI=1S/C45H30N2S/c1-45(2)38-15-6-3-10-30(38)31-21-18-28(25-39(31)45)46(27-20-23-43-37(24-27)34-12-5-8-17-42(34)48-43)29-19-22-33-36-14-9-13-35-32-11-4-7-16-40(32)47(44(35)36)41(33)26-29/h3-26H,1-2H3. The van der Waals surface area contributed by atoms with Gasteiger partial charge in [-0.15, -0.1) is 11.3 Å². The summed E-state index contributed by atoms with van der Waals surface area (Å²) in [5.74, 6) is 0. The number of fused-ring (bicyclic) bond motifs is 12. The number of anilines is 3. The van der Waals surface area contributed by atoms with Gasteiger partial charge in [0.15, 0.2) is 0 Å². The van der Waals surface area contributed by atoms with Gasteiger partial charge in [0.25, 0.3) is 0 Å². The molecule has 3 heterocycles. The molecule has 0 N–H and O–H groups in total. The third-order valence-corrected chi connectivity index (χ3v) is 12.1. The lowest BCUT2D eigenvalue weighted by Crippen LogP contribution is -2.16. The fourth-order valence-electron chi connectivity index (χ4n) is 8.69. The minimum absolute atomic E-state index is 0.0869. The molecule has 1 aliphatic rings. The molecule has 1 aliphatic carbocycles. The van der Waals surface area contributed by atoms with Crippen molar-refractivity contribution in [1.29, 1.82) is 0 Å². The highest BCUT2D eigenvalue weighted by molar-refractivity contribution is 7.25. The summed E-state index contributed by atoms with van der Waals surface area (Å²) in [6, 6.07) is 54.4. The van der Waals surface area contributed by atoms with Gasteiger partial charge in [-0.1, -0.05) is 105 Å². The van der Waals surface area contributed by atoms with Crippen LogP contribution in [-0.2, 0) is 5.41 Å². The maximum absolute atomic E-state index is 2.48. The monoisotopic (exact) mass is 630 g/mol. The highest BCUT2D eigenvalue weighted by Gasteiger charge is 2.35. The summed E-state index contributed by atoms with van der Waals surface area (Å²) in [7, 11) is 0. The Morgan fingerprint density at radius 3 is 1.98 bits per heavy atom. The van der Waals surface area contributed by atoms with Crippen LogP contribution < -0.4 is 4.90 Å². The predicted molar refractivity (Wildman–Crippen MR) is 206 cm³/mol. The van der Waals surface area contributed by atoms with Crippen LogP contribution in [-0.4, -0.2) is 4.40 Å². The van der Waals surface area contributed by atoms with Crippen LogP contribution in [0.2, 0.25) is 0 Å². The van der Waals surface area contributed by atoms with Gasteiger partial charge in [0.1, 0.15) is 0 Å². The quantitative estimate of drug-likeness (QED) is 0.188. The van der Waals surface area contributed by atoms with Gasteiger partial charge in [0, 0.05) is 64.2 Å². The Hall–Kier alpha value is -5.64. The zero-order valence-corrected chi connectivity index (χ0v) is 27.5. The third-order valence-electron chi connectivity index (χ3n) is 10.9. The van der Waals surface area contributed by atoms with Crippen molar-refractivity contribution in [2.45, 2.75) is 19.3 Å². The Morgan fingerprint density at radius 2 is 1.08 bits per heavy atom. The average molecular weight is 631 g/mol. The first-order valence-corrected chi connectivity index (χ1v) is 17.5. The summed E-state index contributed by atoms with van der Waals surface area (Å²) >= 11 is 1.87. The van der Waals surface area contributed by atoms with E-state index in [9.17, 15) is 0 Å². The highest BCUT2D eigenvalue weighted by atomic mass is 32.1. The summed E-state index contributed by atoms with van der Waals surface area (Å²) in [4.78, 5) is 2.47. The molecule has 226 valence electrons. The number of benzene rings is 7. The lowest BCUT2D eigenvalue weighted by atomic mass is 9.82. The number of hydrogen-bond donors (Lipinski definition) is 0. The Labute approximate surface area is 282 Å². The van der Waals surface area contributed by atoms with Crippen molar-refractivity contribution >= 4 is 86.7 Å². The lowest BCUT2D eigenvalue weighted by molar-refractivity contribution is 0.660. The van der Waals surface area contributed by atoms with E-state index in [1.165, 1.54) is 86.2 Å². The van der Waals surface area contributed by atoms with Crippen molar-refractivity contribution in [3.05, 3.63) is 157 Å². The van der Waals surface area contributed by atoms with Crippen molar-refractivity contribution in [2.75, 3.05) is 4.90 Å². The van der Waals surface area contributed by atoms with Crippen molar-refractivity contribution < 1.29 is 0 Å². The fraction of sp³-hybridized carbons (Fsp3) is 0.0667. The molecule has 0 unspecified atom stereocenters. The van der Waals surface area contributed by atoms with Gasteiger partial charge >= 0.3 is 0 Å². The van der Waals surface area contributed by atoms with E-state index in [1.54, 1.807) is 0 Å². The predicted octanol–water partition coefficient (Wildman–Crippen LogP) is 13.0. The number of aromatic nitrogens is 1. The van der Waals surface area contributed by atoms with E-state index < -0.39 is 0 Å². The molecular formula is C45H30N2S. The number of rotatable bonds is 3. The molecule has 0 fully saturated rings. The first-order valence-electron chi connectivity index (χ1n) is 16.7. The van der Waals surface area contributed by atoms with E-state index in [-0.39, 0.29) is 5.41 Å². The van der Waals surface area contributed by atoms with Gasteiger partial charge in [-0.3, -0.25) is 0 Å². The SMILES string of the molecule is CC1(C)c2ccccc2-c2ccc(N(c3ccc4sc5ccccc5c4c3)c3ccc4c5cccc6c7ccccc7n(c4c3)c65)cc21. The Bertz CT molecular complexity index is 2940. The van der Waals surface area contributed by atoms with Crippen molar-refractivity contribution in [1.82, 2.24) is 4.40 Å². The Balaban J connectivity index is 1.20. The molecule has 3 heteroatoms. The minimum Gasteiger partial charge on any atom is -0.310 e. The molecule has 0 atom stereocenters. The van der Waals surface area contributed by atoms with Crippen LogP contribution in [0.3, 0.4) is 0 Å². The lowest BCUT2D eigenvalue weighted by Gasteiger charge is -2.28. The third kappa shape index (κ3) is 3.36. The zero-order valence-electron chi connectivity index (χ0n) is 26.7. The second-order valence-electron chi connectivity index (χ2n) is 13.8. The molecule has 10 aromatic rings. The van der Waals surface area contributed by atoms with E-state index in [4.69, 9.17) is 0 Å². The molecule has 0 bridgehead atoms. The summed E-state index contributed by atoms with van der Waals surface area (Å²) < 4.78 is 5.12. The normalized spacial score (nSPS) is 13.8. The van der Waals surface area contributed by atoms with E-state index in [0.717, 1.165) is 11.4 Å². The molecule has 0 amide bonds. The molecule has 7 aromatic carbocycles. The summed E-state index contributed by atoms with van der Waals surface area (Å²) in [6.07, 6.45) is 0. The van der Waals surface area contributed by atoms with Gasteiger partial charge in [0.2, 0.25) is 0 Å². The molecule has 48 heavy (non-hydrogen) atoms. The number of thiophene rings is 1. The number of hydrogen-bond acceptors (Lipinski definition) is 2.